The molecule has 0 heterocycles. The predicted molar refractivity (Wildman–Crippen MR) is 155 cm³/mol. The Labute approximate surface area is 233 Å². The van der Waals surface area contributed by atoms with E-state index in [9.17, 15) is 0 Å². The van der Waals surface area contributed by atoms with Gasteiger partial charge < -0.3 is 24.0 Å². The monoisotopic (exact) mass is 682 g/mol. The quantitative estimate of drug-likeness (QED) is 0.0731. The molecule has 0 fully saturated rings. The van der Waals surface area contributed by atoms with Gasteiger partial charge in [0.2, 0.25) is 0 Å². The van der Waals surface area contributed by atoms with Gasteiger partial charge in [-0.15, -0.1) is 0 Å². The van der Waals surface area contributed by atoms with Crippen molar-refractivity contribution in [2.75, 3.05) is 10.6 Å². The van der Waals surface area contributed by atoms with Crippen LogP contribution >= 0.6 is 29.9 Å². The molecule has 3 heteroatoms. The van der Waals surface area contributed by atoms with Gasteiger partial charge in [-0.1, -0.05) is 121 Å². The summed E-state index contributed by atoms with van der Waals surface area (Å²) in [6, 6.07) is 33.6. The molecule has 0 atom stereocenters. The highest BCUT2D eigenvalue weighted by molar-refractivity contribution is 14.1. The van der Waals surface area contributed by atoms with Crippen LogP contribution in [0.1, 0.15) is 51.4 Å². The number of rotatable bonds is 14. The number of halogens is 2. The van der Waals surface area contributed by atoms with Crippen molar-refractivity contribution in [3.05, 3.63) is 103 Å². The minimum atomic E-state index is -1.72. The standard InChI is InChI=1S/C30H37IP.HI/c31-26-18-7-5-3-1-2-4-6-8-19-27-32(28-20-12-9-13-21-28,29-22-14-10-15-23-29)30-24-16-11-17-25-30;/h8-17,19-25H,1-7,18,26-27H2;1H/q+1;/p-1. The number of allylic oxidation sites excluding steroid dienone is 2. The van der Waals surface area contributed by atoms with E-state index in [1.54, 1.807) is 0 Å². The molecule has 0 amide bonds. The van der Waals surface area contributed by atoms with Crippen LogP contribution in [0.25, 0.3) is 0 Å². The minimum Gasteiger partial charge on any atom is -1.00 e. The zero-order chi connectivity index (χ0) is 22.3. The van der Waals surface area contributed by atoms with Crippen molar-refractivity contribution in [3.8, 4) is 0 Å². The van der Waals surface area contributed by atoms with Crippen LogP contribution in [-0.4, -0.2) is 10.6 Å². The molecule has 176 valence electrons. The van der Waals surface area contributed by atoms with Crippen molar-refractivity contribution in [3.63, 3.8) is 0 Å². The van der Waals surface area contributed by atoms with Crippen LogP contribution in [0.4, 0.5) is 0 Å². The van der Waals surface area contributed by atoms with Gasteiger partial charge in [0.25, 0.3) is 0 Å². The Kier molecular flexibility index (Phi) is 14.6. The molecule has 0 aromatic heterocycles. The van der Waals surface area contributed by atoms with Crippen molar-refractivity contribution < 1.29 is 24.0 Å². The highest BCUT2D eigenvalue weighted by atomic mass is 127. The smallest absolute Gasteiger partial charge is 0.115 e. The Hall–Kier alpha value is -0.710. The molecule has 0 spiro atoms. The average molecular weight is 682 g/mol. The predicted octanol–water partition coefficient (Wildman–Crippen LogP) is 5.10. The Bertz CT molecular complexity index is 798. The number of alkyl halides is 1. The molecule has 33 heavy (non-hydrogen) atoms. The lowest BCUT2D eigenvalue weighted by atomic mass is 10.1. The maximum absolute atomic E-state index is 2.49. The van der Waals surface area contributed by atoms with Crippen molar-refractivity contribution >= 4 is 45.8 Å². The van der Waals surface area contributed by atoms with Crippen LogP contribution in [0.2, 0.25) is 0 Å². The molecular formula is C30H37I2P. The number of hydrogen-bond acceptors (Lipinski definition) is 0. The van der Waals surface area contributed by atoms with E-state index in [4.69, 9.17) is 0 Å². The second-order valence-electron chi connectivity index (χ2n) is 8.42. The first-order valence-corrected chi connectivity index (χ1v) is 15.6. The van der Waals surface area contributed by atoms with Gasteiger partial charge in [-0.05, 0) is 60.1 Å². The van der Waals surface area contributed by atoms with Gasteiger partial charge in [0.1, 0.15) is 23.2 Å². The fourth-order valence-corrected chi connectivity index (χ4v) is 8.98. The second kappa shape index (κ2) is 16.8. The number of hydrogen-bond donors (Lipinski definition) is 0. The maximum Gasteiger partial charge on any atom is 0.115 e. The molecule has 0 saturated carbocycles. The second-order valence-corrected chi connectivity index (χ2v) is 13.0. The molecule has 0 aliphatic carbocycles. The molecular weight excluding hydrogens is 645 g/mol. The molecule has 3 aromatic carbocycles. The first-order valence-electron chi connectivity index (χ1n) is 12.1. The SMILES string of the molecule is ICCCCCCCCCC=CC[P+](c1ccccc1)(c1ccccc1)c1ccccc1.[I-]. The third-order valence-corrected chi connectivity index (χ3v) is 11.2. The Morgan fingerprint density at radius 2 is 0.909 bits per heavy atom. The van der Waals surface area contributed by atoms with Crippen molar-refractivity contribution in [1.29, 1.82) is 0 Å². The molecule has 0 N–H and O–H groups in total. The Balaban J connectivity index is 0.00000385. The highest BCUT2D eigenvalue weighted by Crippen LogP contribution is 2.55. The van der Waals surface area contributed by atoms with E-state index >= 15 is 0 Å². The molecule has 0 radical (unpaired) electrons. The third kappa shape index (κ3) is 8.78. The average Bonchev–Trinajstić information content (AvgIpc) is 2.87. The number of unbranched alkanes of at least 4 members (excludes halogenated alkanes) is 7. The summed E-state index contributed by atoms with van der Waals surface area (Å²) >= 11 is 2.49. The molecule has 0 bridgehead atoms. The van der Waals surface area contributed by atoms with Crippen molar-refractivity contribution in [2.45, 2.75) is 51.4 Å². The van der Waals surface area contributed by atoms with Gasteiger partial charge in [-0.3, -0.25) is 0 Å². The number of benzene rings is 3. The van der Waals surface area contributed by atoms with Crippen LogP contribution in [-0.2, 0) is 0 Å². The molecule has 0 aliphatic heterocycles. The van der Waals surface area contributed by atoms with E-state index < -0.39 is 7.26 Å². The summed E-state index contributed by atoms with van der Waals surface area (Å²) in [5.74, 6) is 0. The lowest BCUT2D eigenvalue weighted by Crippen LogP contribution is -3.00. The normalized spacial score (nSPS) is 11.4. The Morgan fingerprint density at radius 3 is 1.33 bits per heavy atom. The largest absolute Gasteiger partial charge is 1.00 e. The fraction of sp³-hybridized carbons (Fsp3) is 0.333. The van der Waals surface area contributed by atoms with Crippen LogP contribution in [0.15, 0.2) is 103 Å². The summed E-state index contributed by atoms with van der Waals surface area (Å²) in [7, 11) is -1.72. The van der Waals surface area contributed by atoms with Crippen LogP contribution in [0.5, 0.6) is 0 Å². The van der Waals surface area contributed by atoms with Crippen LogP contribution in [0, 0.1) is 0 Å². The van der Waals surface area contributed by atoms with Crippen molar-refractivity contribution in [2.24, 2.45) is 0 Å². The zero-order valence-corrected chi connectivity index (χ0v) is 24.8. The molecule has 3 aromatic rings. The molecule has 0 nitrogen and oxygen atoms in total. The zero-order valence-electron chi connectivity index (χ0n) is 19.6. The summed E-state index contributed by atoms with van der Waals surface area (Å²) in [4.78, 5) is 0. The van der Waals surface area contributed by atoms with Crippen molar-refractivity contribution in [1.82, 2.24) is 0 Å². The van der Waals surface area contributed by atoms with E-state index in [1.165, 1.54) is 71.7 Å². The summed E-state index contributed by atoms with van der Waals surface area (Å²) in [6.07, 6.45) is 16.9. The fourth-order valence-electron chi connectivity index (χ4n) is 4.40. The van der Waals surface area contributed by atoms with E-state index in [1.807, 2.05) is 0 Å². The van der Waals surface area contributed by atoms with Crippen LogP contribution in [0.3, 0.4) is 0 Å². The molecule has 0 aliphatic rings. The van der Waals surface area contributed by atoms with Gasteiger partial charge in [-0.25, -0.2) is 0 Å². The maximum atomic E-state index is 2.49. The van der Waals surface area contributed by atoms with E-state index in [2.05, 4.69) is 126 Å². The van der Waals surface area contributed by atoms with Gasteiger partial charge in [0.05, 0.1) is 6.16 Å². The summed E-state index contributed by atoms with van der Waals surface area (Å²) in [6.45, 7) is 0. The summed E-state index contributed by atoms with van der Waals surface area (Å²) in [5.41, 5.74) is 0. The first-order chi connectivity index (χ1) is 15.9. The third-order valence-electron chi connectivity index (χ3n) is 6.14. The van der Waals surface area contributed by atoms with Crippen LogP contribution < -0.4 is 39.9 Å². The molecule has 3 rings (SSSR count). The van der Waals surface area contributed by atoms with E-state index in [0.29, 0.717) is 0 Å². The van der Waals surface area contributed by atoms with Gasteiger partial charge in [0, 0.05) is 0 Å². The Morgan fingerprint density at radius 1 is 0.515 bits per heavy atom. The van der Waals surface area contributed by atoms with Gasteiger partial charge >= 0.3 is 0 Å². The van der Waals surface area contributed by atoms with E-state index in [0.717, 1.165) is 6.16 Å². The van der Waals surface area contributed by atoms with Gasteiger partial charge in [0.15, 0.2) is 0 Å². The summed E-state index contributed by atoms with van der Waals surface area (Å²) in [5, 5.41) is 4.40. The highest BCUT2D eigenvalue weighted by Gasteiger charge is 2.43. The first kappa shape index (κ1) is 28.5. The summed E-state index contributed by atoms with van der Waals surface area (Å²) < 4.78 is 1.31. The molecule has 0 saturated heterocycles. The van der Waals surface area contributed by atoms with E-state index in [-0.39, 0.29) is 24.0 Å². The lowest BCUT2D eigenvalue weighted by Gasteiger charge is -2.26. The van der Waals surface area contributed by atoms with Gasteiger partial charge in [-0.2, -0.15) is 0 Å². The topological polar surface area (TPSA) is 0 Å². The lowest BCUT2D eigenvalue weighted by molar-refractivity contribution is -0.00000626. The minimum absolute atomic E-state index is 0. The molecule has 0 unspecified atom stereocenters.